The van der Waals surface area contributed by atoms with Crippen LogP contribution in [0.5, 0.6) is 0 Å². The van der Waals surface area contributed by atoms with Crippen LogP contribution in [-0.4, -0.2) is 15.9 Å². The zero-order valence-corrected chi connectivity index (χ0v) is 18.3. The molecule has 0 aliphatic carbocycles. The molecular weight excluding hydrogens is 419 g/mol. The Kier molecular flexibility index (Phi) is 4.94. The van der Waals surface area contributed by atoms with Gasteiger partial charge >= 0.3 is 0 Å². The number of benzene rings is 2. The van der Waals surface area contributed by atoms with Crippen molar-refractivity contribution in [2.45, 2.75) is 26.1 Å². The number of nitrogens with zero attached hydrogens (tertiary/aromatic N) is 4. The number of carbonyl (C=O) groups excluding carboxylic acids is 1. The molecule has 33 heavy (non-hydrogen) atoms. The number of alkyl halides is 1. The molecule has 8 heteroatoms. The summed E-state index contributed by atoms with van der Waals surface area (Å²) < 4.78 is 13.6. The molecule has 0 bridgehead atoms. The molecule has 1 aliphatic heterocycles. The number of hydrogen-bond acceptors (Lipinski definition) is 6. The van der Waals surface area contributed by atoms with Gasteiger partial charge in [0.25, 0.3) is 0 Å². The SMILES string of the molecule is CC(C)(c1ccc2ncccc2c1)N1NN(c2ccc(C(N)=O)c(CF)c2)c2cccnc21. The van der Waals surface area contributed by atoms with Gasteiger partial charge in [0.05, 0.1) is 16.7 Å². The van der Waals surface area contributed by atoms with E-state index in [0.29, 0.717) is 5.69 Å². The van der Waals surface area contributed by atoms with E-state index in [1.165, 1.54) is 0 Å². The van der Waals surface area contributed by atoms with Crippen molar-refractivity contribution in [2.24, 2.45) is 5.73 Å². The molecule has 1 aliphatic rings. The number of pyridine rings is 2. The highest BCUT2D eigenvalue weighted by molar-refractivity contribution is 5.95. The molecule has 7 nitrogen and oxygen atoms in total. The number of rotatable bonds is 5. The summed E-state index contributed by atoms with van der Waals surface area (Å²) in [7, 11) is 0. The molecule has 3 heterocycles. The molecule has 0 unspecified atom stereocenters. The third kappa shape index (κ3) is 3.44. The Labute approximate surface area is 190 Å². The molecule has 2 aromatic carbocycles. The van der Waals surface area contributed by atoms with Gasteiger partial charge in [-0.1, -0.05) is 12.1 Å². The average molecular weight is 442 g/mol. The fourth-order valence-electron chi connectivity index (χ4n) is 4.18. The standard InChI is InChI=1S/C25H23FN6O/c1-25(2,18-7-10-21-16(13-18)5-3-11-28-21)32-24-22(6-4-12-29-24)31(30-32)19-8-9-20(23(27)33)17(14-19)15-26/h3-14,30H,15H2,1-2H3,(H2,27,33). The summed E-state index contributed by atoms with van der Waals surface area (Å²) in [5.74, 6) is 0.0776. The van der Waals surface area contributed by atoms with Crippen molar-refractivity contribution >= 4 is 34.0 Å². The zero-order valence-electron chi connectivity index (χ0n) is 18.3. The van der Waals surface area contributed by atoms with E-state index in [2.05, 4.69) is 41.5 Å². The third-order valence-corrected chi connectivity index (χ3v) is 6.04. The van der Waals surface area contributed by atoms with Crippen molar-refractivity contribution in [2.75, 3.05) is 10.0 Å². The first kappa shape index (κ1) is 20.8. The lowest BCUT2D eigenvalue weighted by Crippen LogP contribution is -2.52. The Hall–Kier alpha value is -4.04. The van der Waals surface area contributed by atoms with E-state index in [-0.39, 0.29) is 11.1 Å². The predicted octanol–water partition coefficient (Wildman–Crippen LogP) is 4.51. The Morgan fingerprint density at radius 2 is 1.85 bits per heavy atom. The highest BCUT2D eigenvalue weighted by Gasteiger charge is 2.39. The molecule has 0 radical (unpaired) electrons. The molecule has 0 saturated carbocycles. The second-order valence-corrected chi connectivity index (χ2v) is 8.43. The van der Waals surface area contributed by atoms with Crippen LogP contribution in [0, 0.1) is 0 Å². The summed E-state index contributed by atoms with van der Waals surface area (Å²) in [6.45, 7) is 3.41. The maximum Gasteiger partial charge on any atom is 0.249 e. The molecule has 166 valence electrons. The first-order chi connectivity index (χ1) is 15.9. The lowest BCUT2D eigenvalue weighted by molar-refractivity contribution is 0.0998. The normalized spacial score (nSPS) is 13.4. The number of amides is 1. The van der Waals surface area contributed by atoms with Crippen molar-refractivity contribution in [3.8, 4) is 0 Å². The summed E-state index contributed by atoms with van der Waals surface area (Å²) in [4.78, 5) is 20.7. The molecule has 0 atom stereocenters. The molecule has 0 fully saturated rings. The lowest BCUT2D eigenvalue weighted by atomic mass is 9.92. The van der Waals surface area contributed by atoms with Crippen LogP contribution in [0.4, 0.5) is 21.6 Å². The van der Waals surface area contributed by atoms with Crippen LogP contribution in [0.3, 0.4) is 0 Å². The molecule has 5 rings (SSSR count). The average Bonchev–Trinajstić information content (AvgIpc) is 3.24. The summed E-state index contributed by atoms with van der Waals surface area (Å²) >= 11 is 0. The number of primary amides is 1. The molecule has 0 spiro atoms. The predicted molar refractivity (Wildman–Crippen MR) is 127 cm³/mol. The van der Waals surface area contributed by atoms with E-state index in [1.54, 1.807) is 30.6 Å². The van der Waals surface area contributed by atoms with Crippen molar-refractivity contribution in [3.63, 3.8) is 0 Å². The number of fused-ring (bicyclic) bond motifs is 2. The minimum atomic E-state index is -0.791. The Balaban J connectivity index is 1.57. The van der Waals surface area contributed by atoms with E-state index >= 15 is 0 Å². The van der Waals surface area contributed by atoms with Crippen molar-refractivity contribution in [3.05, 3.63) is 89.7 Å². The van der Waals surface area contributed by atoms with Crippen LogP contribution in [0.1, 0.15) is 35.3 Å². The number of nitrogens with one attached hydrogen (secondary N) is 1. The number of hydrazine groups is 2. The van der Waals surface area contributed by atoms with Gasteiger partial charge in [0.1, 0.15) is 12.4 Å². The van der Waals surface area contributed by atoms with Gasteiger partial charge in [0.2, 0.25) is 5.91 Å². The van der Waals surface area contributed by atoms with Crippen LogP contribution in [-0.2, 0) is 12.2 Å². The lowest BCUT2D eigenvalue weighted by Gasteiger charge is -2.37. The molecule has 1 amide bonds. The van der Waals surface area contributed by atoms with Crippen LogP contribution >= 0.6 is 0 Å². The van der Waals surface area contributed by atoms with Gasteiger partial charge < -0.3 is 5.73 Å². The zero-order chi connectivity index (χ0) is 23.2. The molecule has 3 N–H and O–H groups in total. The first-order valence-electron chi connectivity index (χ1n) is 10.6. The van der Waals surface area contributed by atoms with Gasteiger partial charge in [0, 0.05) is 23.3 Å². The van der Waals surface area contributed by atoms with E-state index in [4.69, 9.17) is 5.73 Å². The molecular formula is C25H23FN6O. The highest BCUT2D eigenvalue weighted by Crippen LogP contribution is 2.43. The third-order valence-electron chi connectivity index (χ3n) is 6.04. The Bertz CT molecular complexity index is 1370. The number of anilines is 3. The van der Waals surface area contributed by atoms with Gasteiger partial charge in [0.15, 0.2) is 5.82 Å². The molecule has 4 aromatic rings. The Morgan fingerprint density at radius 3 is 2.64 bits per heavy atom. The summed E-state index contributed by atoms with van der Waals surface area (Å²) in [6.07, 6.45) is 3.52. The fraction of sp³-hybridized carbons (Fsp3) is 0.160. The van der Waals surface area contributed by atoms with Crippen molar-refractivity contribution in [1.29, 1.82) is 0 Å². The fourth-order valence-corrected chi connectivity index (χ4v) is 4.18. The Morgan fingerprint density at radius 1 is 1.06 bits per heavy atom. The van der Waals surface area contributed by atoms with E-state index in [1.807, 2.05) is 40.3 Å². The topological polar surface area (TPSA) is 87.4 Å². The largest absolute Gasteiger partial charge is 0.366 e. The number of aromatic nitrogens is 2. The number of hydrogen-bond donors (Lipinski definition) is 2. The number of nitrogens with two attached hydrogens (primary N) is 1. The monoisotopic (exact) mass is 442 g/mol. The first-order valence-corrected chi connectivity index (χ1v) is 10.6. The maximum atomic E-state index is 13.6. The summed E-state index contributed by atoms with van der Waals surface area (Å²) in [6, 6.07) is 18.9. The van der Waals surface area contributed by atoms with Crippen molar-refractivity contribution in [1.82, 2.24) is 15.5 Å². The van der Waals surface area contributed by atoms with Gasteiger partial charge in [-0.25, -0.2) is 9.37 Å². The van der Waals surface area contributed by atoms with Gasteiger partial charge in [-0.05, 0) is 73.5 Å². The van der Waals surface area contributed by atoms with Gasteiger partial charge in [-0.3, -0.25) is 19.8 Å². The van der Waals surface area contributed by atoms with E-state index < -0.39 is 18.1 Å². The quantitative estimate of drug-likeness (QED) is 0.473. The van der Waals surface area contributed by atoms with E-state index in [0.717, 1.165) is 28.0 Å². The number of carbonyl (C=O) groups is 1. The minimum Gasteiger partial charge on any atom is -0.366 e. The van der Waals surface area contributed by atoms with Gasteiger partial charge in [-0.2, -0.15) is 0 Å². The second kappa shape index (κ2) is 7.83. The second-order valence-electron chi connectivity index (χ2n) is 8.43. The number of halogens is 1. The van der Waals surface area contributed by atoms with Crippen LogP contribution in [0.2, 0.25) is 0 Å². The highest BCUT2D eigenvalue weighted by atomic mass is 19.1. The molecule has 0 saturated heterocycles. The van der Waals surface area contributed by atoms with Crippen LogP contribution < -0.4 is 21.3 Å². The maximum absolute atomic E-state index is 13.6. The van der Waals surface area contributed by atoms with Crippen molar-refractivity contribution < 1.29 is 9.18 Å². The van der Waals surface area contributed by atoms with Gasteiger partial charge in [-0.15, -0.1) is 5.53 Å². The van der Waals surface area contributed by atoms with E-state index in [9.17, 15) is 9.18 Å². The van der Waals surface area contributed by atoms with Crippen LogP contribution in [0.15, 0.2) is 73.1 Å². The minimum absolute atomic E-state index is 0.175. The van der Waals surface area contributed by atoms with Crippen LogP contribution in [0.25, 0.3) is 10.9 Å². The molecule has 2 aromatic heterocycles. The summed E-state index contributed by atoms with van der Waals surface area (Å²) in [5, 5.41) is 4.86. The summed E-state index contributed by atoms with van der Waals surface area (Å²) in [5.41, 5.74) is 12.2. The smallest absolute Gasteiger partial charge is 0.249 e.